The van der Waals surface area contributed by atoms with Crippen LogP contribution in [-0.4, -0.2) is 44.2 Å². The second-order valence-electron chi connectivity index (χ2n) is 6.32. The number of halogens is 2. The Hall–Kier alpha value is -2.13. The molecule has 0 aliphatic heterocycles. The molecule has 0 radical (unpaired) electrons. The van der Waals surface area contributed by atoms with Crippen LogP contribution in [0.15, 0.2) is 47.4 Å². The monoisotopic (exact) mass is 471 g/mol. The highest BCUT2D eigenvalue weighted by Gasteiger charge is 2.21. The second kappa shape index (κ2) is 10.8. The van der Waals surface area contributed by atoms with Crippen LogP contribution in [0.3, 0.4) is 0 Å². The van der Waals surface area contributed by atoms with Crippen molar-refractivity contribution >= 4 is 50.7 Å². The summed E-state index contributed by atoms with van der Waals surface area (Å²) in [6.45, 7) is 4.59. The number of nitrogens with one attached hydrogen (secondary N) is 2. The second-order valence-corrected chi connectivity index (χ2v) is 9.07. The molecule has 0 unspecified atom stereocenters. The van der Waals surface area contributed by atoms with Crippen LogP contribution in [-0.2, 0) is 26.0 Å². The number of hydrogen-bond donors (Lipinski definition) is 2. The van der Waals surface area contributed by atoms with E-state index in [0.717, 1.165) is 5.56 Å². The molecule has 0 aliphatic rings. The SMILES string of the molecule is CCN(CC)S(=O)(=O)c1ccc(CCNC(=O)C(=O)Nc2ccc(Cl)c(Cl)c2)cc1. The highest BCUT2D eigenvalue weighted by molar-refractivity contribution is 7.89. The summed E-state index contributed by atoms with van der Waals surface area (Å²) < 4.78 is 26.3. The van der Waals surface area contributed by atoms with Crippen LogP contribution in [0.5, 0.6) is 0 Å². The van der Waals surface area contributed by atoms with Gasteiger partial charge in [0.25, 0.3) is 0 Å². The number of carbonyl (C=O) groups excluding carboxylic acids is 2. The van der Waals surface area contributed by atoms with Crippen LogP contribution in [0.2, 0.25) is 10.0 Å². The zero-order valence-corrected chi connectivity index (χ0v) is 18.9. The van der Waals surface area contributed by atoms with Crippen LogP contribution in [0.25, 0.3) is 0 Å². The van der Waals surface area contributed by atoms with E-state index in [-0.39, 0.29) is 16.5 Å². The quantitative estimate of drug-likeness (QED) is 0.577. The number of amides is 2. The van der Waals surface area contributed by atoms with Crippen LogP contribution >= 0.6 is 23.2 Å². The van der Waals surface area contributed by atoms with Crippen LogP contribution in [0.1, 0.15) is 19.4 Å². The fourth-order valence-corrected chi connectivity index (χ4v) is 4.46. The van der Waals surface area contributed by atoms with E-state index >= 15 is 0 Å². The summed E-state index contributed by atoms with van der Waals surface area (Å²) in [6.07, 6.45) is 0.442. The Morgan fingerprint density at radius 3 is 2.13 bits per heavy atom. The maximum absolute atomic E-state index is 12.5. The lowest BCUT2D eigenvalue weighted by Crippen LogP contribution is -2.36. The van der Waals surface area contributed by atoms with Gasteiger partial charge in [-0.15, -0.1) is 0 Å². The minimum absolute atomic E-state index is 0.218. The molecule has 0 atom stereocenters. The van der Waals surface area contributed by atoms with Gasteiger partial charge >= 0.3 is 11.8 Å². The average Bonchev–Trinajstić information content (AvgIpc) is 2.71. The van der Waals surface area contributed by atoms with E-state index in [1.54, 1.807) is 38.1 Å². The van der Waals surface area contributed by atoms with E-state index in [9.17, 15) is 18.0 Å². The Balaban J connectivity index is 1.88. The van der Waals surface area contributed by atoms with Gasteiger partial charge in [-0.2, -0.15) is 4.31 Å². The number of anilines is 1. The van der Waals surface area contributed by atoms with Crippen LogP contribution in [0.4, 0.5) is 5.69 Å². The first-order chi connectivity index (χ1) is 14.2. The third kappa shape index (κ3) is 6.18. The highest BCUT2D eigenvalue weighted by atomic mass is 35.5. The smallest absolute Gasteiger partial charge is 0.313 e. The molecular weight excluding hydrogens is 449 g/mol. The minimum Gasteiger partial charge on any atom is -0.347 e. The van der Waals surface area contributed by atoms with E-state index in [1.807, 2.05) is 0 Å². The molecule has 7 nitrogen and oxygen atoms in total. The molecule has 2 N–H and O–H groups in total. The highest BCUT2D eigenvalue weighted by Crippen LogP contribution is 2.24. The molecule has 0 heterocycles. The van der Waals surface area contributed by atoms with Gasteiger partial charge in [0.2, 0.25) is 10.0 Å². The summed E-state index contributed by atoms with van der Waals surface area (Å²) in [4.78, 5) is 24.1. The van der Waals surface area contributed by atoms with E-state index in [1.165, 1.54) is 22.5 Å². The molecular formula is C20H23Cl2N3O4S. The number of benzene rings is 2. The zero-order chi connectivity index (χ0) is 22.3. The lowest BCUT2D eigenvalue weighted by Gasteiger charge is -2.18. The van der Waals surface area contributed by atoms with Crippen molar-refractivity contribution in [3.05, 3.63) is 58.1 Å². The standard InChI is InChI=1S/C20H23Cl2N3O4S/c1-3-25(4-2)30(28,29)16-8-5-14(6-9-16)11-12-23-19(26)20(27)24-15-7-10-17(21)18(22)13-15/h5-10,13H,3-4,11-12H2,1-2H3,(H,23,26)(H,24,27). The molecule has 0 bridgehead atoms. The van der Waals surface area contributed by atoms with Crippen molar-refractivity contribution in [1.82, 2.24) is 9.62 Å². The van der Waals surface area contributed by atoms with Gasteiger partial charge in [0.05, 0.1) is 14.9 Å². The molecule has 2 aromatic rings. The lowest BCUT2D eigenvalue weighted by atomic mass is 10.1. The Morgan fingerprint density at radius 1 is 0.933 bits per heavy atom. The van der Waals surface area contributed by atoms with Gasteiger partial charge in [-0.1, -0.05) is 49.2 Å². The molecule has 30 heavy (non-hydrogen) atoms. The molecule has 0 saturated carbocycles. The molecule has 0 aliphatic carbocycles. The van der Waals surface area contributed by atoms with Crippen molar-refractivity contribution < 1.29 is 18.0 Å². The summed E-state index contributed by atoms with van der Waals surface area (Å²) in [5.74, 6) is -1.61. The van der Waals surface area contributed by atoms with Crippen molar-refractivity contribution in [3.63, 3.8) is 0 Å². The number of sulfonamides is 1. The predicted molar refractivity (Wildman–Crippen MR) is 118 cm³/mol. The summed E-state index contributed by atoms with van der Waals surface area (Å²) in [7, 11) is -3.51. The number of rotatable bonds is 8. The van der Waals surface area contributed by atoms with Crippen molar-refractivity contribution in [1.29, 1.82) is 0 Å². The van der Waals surface area contributed by atoms with Crippen molar-refractivity contribution in [2.75, 3.05) is 25.0 Å². The number of nitrogens with zero attached hydrogens (tertiary/aromatic N) is 1. The van der Waals surface area contributed by atoms with Gasteiger partial charge in [-0.05, 0) is 42.3 Å². The largest absolute Gasteiger partial charge is 0.347 e. The molecule has 2 amide bonds. The topological polar surface area (TPSA) is 95.6 Å². The summed E-state index contributed by atoms with van der Waals surface area (Å²) in [5, 5.41) is 5.57. The first-order valence-corrected chi connectivity index (χ1v) is 11.5. The van der Waals surface area contributed by atoms with Crippen molar-refractivity contribution in [2.45, 2.75) is 25.2 Å². The van der Waals surface area contributed by atoms with E-state index in [2.05, 4.69) is 10.6 Å². The predicted octanol–water partition coefficient (Wildman–Crippen LogP) is 3.32. The Morgan fingerprint density at radius 2 is 1.57 bits per heavy atom. The maximum atomic E-state index is 12.5. The minimum atomic E-state index is -3.51. The fourth-order valence-electron chi connectivity index (χ4n) is 2.70. The van der Waals surface area contributed by atoms with Crippen molar-refractivity contribution in [3.8, 4) is 0 Å². The molecule has 2 aromatic carbocycles. The van der Waals surface area contributed by atoms with Crippen LogP contribution in [0, 0.1) is 0 Å². The third-order valence-electron chi connectivity index (χ3n) is 4.35. The Bertz CT molecular complexity index is 1010. The lowest BCUT2D eigenvalue weighted by molar-refractivity contribution is -0.136. The van der Waals surface area contributed by atoms with Gasteiger partial charge in [0.1, 0.15) is 0 Å². The third-order valence-corrected chi connectivity index (χ3v) is 7.15. The van der Waals surface area contributed by atoms with Gasteiger partial charge in [-0.25, -0.2) is 8.42 Å². The molecule has 10 heteroatoms. The van der Waals surface area contributed by atoms with Gasteiger partial charge in [0, 0.05) is 25.3 Å². The van der Waals surface area contributed by atoms with Gasteiger partial charge in [-0.3, -0.25) is 9.59 Å². The van der Waals surface area contributed by atoms with Gasteiger partial charge in [0.15, 0.2) is 0 Å². The fraction of sp³-hybridized carbons (Fsp3) is 0.300. The maximum Gasteiger partial charge on any atom is 0.313 e. The van der Waals surface area contributed by atoms with E-state index < -0.39 is 21.8 Å². The summed E-state index contributed by atoms with van der Waals surface area (Å²) in [6, 6.07) is 11.0. The number of hydrogen-bond acceptors (Lipinski definition) is 4. The molecule has 162 valence electrons. The molecule has 0 saturated heterocycles. The van der Waals surface area contributed by atoms with E-state index in [4.69, 9.17) is 23.2 Å². The number of carbonyl (C=O) groups is 2. The van der Waals surface area contributed by atoms with Gasteiger partial charge < -0.3 is 10.6 Å². The van der Waals surface area contributed by atoms with E-state index in [0.29, 0.717) is 30.2 Å². The first-order valence-electron chi connectivity index (χ1n) is 9.32. The molecule has 0 aromatic heterocycles. The van der Waals surface area contributed by atoms with Crippen molar-refractivity contribution in [2.24, 2.45) is 0 Å². The molecule has 0 fully saturated rings. The normalized spacial score (nSPS) is 11.4. The van der Waals surface area contributed by atoms with Crippen LogP contribution < -0.4 is 10.6 Å². The molecule has 2 rings (SSSR count). The molecule has 0 spiro atoms. The average molecular weight is 472 g/mol. The summed E-state index contributed by atoms with van der Waals surface area (Å²) >= 11 is 11.7. The first kappa shape index (κ1) is 24.1. The zero-order valence-electron chi connectivity index (χ0n) is 16.6. The summed E-state index contributed by atoms with van der Waals surface area (Å²) in [5.41, 5.74) is 1.19. The Labute approximate surface area is 186 Å². The Kier molecular flexibility index (Phi) is 8.66.